The Morgan fingerprint density at radius 1 is 1.05 bits per heavy atom. The number of benzene rings is 2. The number of aromatic nitrogens is 2. The van der Waals surface area contributed by atoms with Gasteiger partial charge in [0, 0.05) is 22.6 Å². The SMILES string of the molecule is Brc1ccc2nc(NCc3ccccc3)ncc2c1. The Morgan fingerprint density at radius 2 is 1.89 bits per heavy atom. The number of hydrogen-bond acceptors (Lipinski definition) is 3. The summed E-state index contributed by atoms with van der Waals surface area (Å²) in [5.41, 5.74) is 2.15. The zero-order chi connectivity index (χ0) is 13.1. The summed E-state index contributed by atoms with van der Waals surface area (Å²) in [6.07, 6.45) is 1.83. The first kappa shape index (κ1) is 12.1. The van der Waals surface area contributed by atoms with Gasteiger partial charge in [-0.15, -0.1) is 0 Å². The summed E-state index contributed by atoms with van der Waals surface area (Å²) in [7, 11) is 0. The molecule has 0 saturated heterocycles. The fourth-order valence-electron chi connectivity index (χ4n) is 1.87. The number of anilines is 1. The van der Waals surface area contributed by atoms with Crippen LogP contribution in [0.25, 0.3) is 10.9 Å². The molecule has 3 rings (SSSR count). The number of halogens is 1. The molecule has 1 N–H and O–H groups in total. The molecule has 94 valence electrons. The van der Waals surface area contributed by atoms with Gasteiger partial charge in [0.1, 0.15) is 0 Å². The van der Waals surface area contributed by atoms with Crippen LogP contribution in [0, 0.1) is 0 Å². The maximum absolute atomic E-state index is 4.49. The first-order valence-electron chi connectivity index (χ1n) is 6.01. The number of rotatable bonds is 3. The van der Waals surface area contributed by atoms with Gasteiger partial charge >= 0.3 is 0 Å². The van der Waals surface area contributed by atoms with Crippen LogP contribution in [-0.2, 0) is 6.54 Å². The average molecular weight is 314 g/mol. The van der Waals surface area contributed by atoms with Gasteiger partial charge in [-0.25, -0.2) is 9.97 Å². The lowest BCUT2D eigenvalue weighted by Gasteiger charge is -2.05. The highest BCUT2D eigenvalue weighted by Crippen LogP contribution is 2.18. The number of nitrogens with one attached hydrogen (secondary N) is 1. The molecular formula is C15H12BrN3. The van der Waals surface area contributed by atoms with Gasteiger partial charge < -0.3 is 5.32 Å². The number of hydrogen-bond donors (Lipinski definition) is 1. The molecule has 0 fully saturated rings. The Morgan fingerprint density at radius 3 is 2.74 bits per heavy atom. The molecule has 0 radical (unpaired) electrons. The molecule has 0 atom stereocenters. The van der Waals surface area contributed by atoms with Crippen LogP contribution in [0.3, 0.4) is 0 Å². The maximum atomic E-state index is 4.49. The highest BCUT2D eigenvalue weighted by atomic mass is 79.9. The van der Waals surface area contributed by atoms with Crippen LogP contribution in [0.15, 0.2) is 59.2 Å². The van der Waals surface area contributed by atoms with Crippen LogP contribution in [0.5, 0.6) is 0 Å². The standard InChI is InChI=1S/C15H12BrN3/c16-13-6-7-14-12(8-13)10-18-15(19-14)17-9-11-4-2-1-3-5-11/h1-8,10H,9H2,(H,17,18,19). The van der Waals surface area contributed by atoms with Crippen LogP contribution < -0.4 is 5.32 Å². The minimum absolute atomic E-state index is 0.652. The van der Waals surface area contributed by atoms with Gasteiger partial charge in [-0.3, -0.25) is 0 Å². The Bertz CT molecular complexity index is 698. The second-order valence-corrected chi connectivity index (χ2v) is 5.15. The van der Waals surface area contributed by atoms with Gasteiger partial charge in [0.2, 0.25) is 5.95 Å². The van der Waals surface area contributed by atoms with Crippen molar-refractivity contribution in [2.75, 3.05) is 5.32 Å². The van der Waals surface area contributed by atoms with Gasteiger partial charge in [0.15, 0.2) is 0 Å². The lowest BCUT2D eigenvalue weighted by molar-refractivity contribution is 1.07. The van der Waals surface area contributed by atoms with Crippen LogP contribution in [0.1, 0.15) is 5.56 Å². The summed E-state index contributed by atoms with van der Waals surface area (Å²) in [5, 5.41) is 4.26. The predicted molar refractivity (Wildman–Crippen MR) is 81.0 cm³/mol. The van der Waals surface area contributed by atoms with Crippen molar-refractivity contribution in [2.45, 2.75) is 6.54 Å². The maximum Gasteiger partial charge on any atom is 0.223 e. The largest absolute Gasteiger partial charge is 0.350 e. The van der Waals surface area contributed by atoms with E-state index in [1.54, 1.807) is 0 Å². The monoisotopic (exact) mass is 313 g/mol. The molecule has 19 heavy (non-hydrogen) atoms. The van der Waals surface area contributed by atoms with E-state index in [1.165, 1.54) is 5.56 Å². The van der Waals surface area contributed by atoms with Crippen molar-refractivity contribution in [3.63, 3.8) is 0 Å². The molecule has 2 aromatic carbocycles. The van der Waals surface area contributed by atoms with Gasteiger partial charge in [-0.2, -0.15) is 0 Å². The molecule has 1 heterocycles. The smallest absolute Gasteiger partial charge is 0.223 e. The van der Waals surface area contributed by atoms with Crippen molar-refractivity contribution in [1.82, 2.24) is 9.97 Å². The summed E-state index contributed by atoms with van der Waals surface area (Å²) < 4.78 is 1.04. The molecular weight excluding hydrogens is 302 g/mol. The molecule has 3 nitrogen and oxygen atoms in total. The normalized spacial score (nSPS) is 10.6. The molecule has 0 saturated carbocycles. The highest BCUT2D eigenvalue weighted by molar-refractivity contribution is 9.10. The van der Waals surface area contributed by atoms with E-state index in [9.17, 15) is 0 Å². The van der Waals surface area contributed by atoms with Crippen molar-refractivity contribution < 1.29 is 0 Å². The first-order valence-corrected chi connectivity index (χ1v) is 6.81. The van der Waals surface area contributed by atoms with Crippen molar-refractivity contribution in [3.05, 3.63) is 64.8 Å². The molecule has 1 aromatic heterocycles. The van der Waals surface area contributed by atoms with Crippen molar-refractivity contribution in [3.8, 4) is 0 Å². The Labute approximate surface area is 119 Å². The van der Waals surface area contributed by atoms with E-state index in [1.807, 2.05) is 42.6 Å². The van der Waals surface area contributed by atoms with E-state index in [4.69, 9.17) is 0 Å². The van der Waals surface area contributed by atoms with Crippen LogP contribution in [-0.4, -0.2) is 9.97 Å². The van der Waals surface area contributed by atoms with Gasteiger partial charge in [0.25, 0.3) is 0 Å². The predicted octanol–water partition coefficient (Wildman–Crippen LogP) is 4.00. The summed E-state index contributed by atoms with van der Waals surface area (Å²) in [4.78, 5) is 8.81. The quantitative estimate of drug-likeness (QED) is 0.794. The zero-order valence-corrected chi connectivity index (χ0v) is 11.8. The molecule has 0 aliphatic heterocycles. The van der Waals surface area contributed by atoms with Crippen molar-refractivity contribution >= 4 is 32.8 Å². The van der Waals surface area contributed by atoms with E-state index in [0.29, 0.717) is 5.95 Å². The molecule has 3 aromatic rings. The molecule has 0 aliphatic carbocycles. The first-order chi connectivity index (χ1) is 9.31. The molecule has 0 spiro atoms. The number of fused-ring (bicyclic) bond motifs is 1. The fourth-order valence-corrected chi connectivity index (χ4v) is 2.25. The Kier molecular flexibility index (Phi) is 3.42. The lowest BCUT2D eigenvalue weighted by Crippen LogP contribution is -2.03. The van der Waals surface area contributed by atoms with Gasteiger partial charge in [-0.1, -0.05) is 46.3 Å². The van der Waals surface area contributed by atoms with Crippen LogP contribution >= 0.6 is 15.9 Å². The Hall–Kier alpha value is -1.94. The van der Waals surface area contributed by atoms with Crippen molar-refractivity contribution in [1.29, 1.82) is 0 Å². The van der Waals surface area contributed by atoms with E-state index < -0.39 is 0 Å². The third-order valence-electron chi connectivity index (χ3n) is 2.84. The average Bonchev–Trinajstić information content (AvgIpc) is 2.46. The molecule has 0 amide bonds. The summed E-state index contributed by atoms with van der Waals surface area (Å²) in [6, 6.07) is 16.2. The topological polar surface area (TPSA) is 37.8 Å². The molecule has 0 aliphatic rings. The summed E-state index contributed by atoms with van der Waals surface area (Å²) in [5.74, 6) is 0.652. The third-order valence-corrected chi connectivity index (χ3v) is 3.33. The lowest BCUT2D eigenvalue weighted by atomic mass is 10.2. The van der Waals surface area contributed by atoms with Gasteiger partial charge in [0.05, 0.1) is 5.52 Å². The van der Waals surface area contributed by atoms with E-state index >= 15 is 0 Å². The third kappa shape index (κ3) is 2.90. The fraction of sp³-hybridized carbons (Fsp3) is 0.0667. The van der Waals surface area contributed by atoms with Crippen LogP contribution in [0.4, 0.5) is 5.95 Å². The minimum Gasteiger partial charge on any atom is -0.350 e. The second kappa shape index (κ2) is 5.36. The molecule has 0 bridgehead atoms. The van der Waals surface area contributed by atoms with E-state index in [-0.39, 0.29) is 0 Å². The Balaban J connectivity index is 1.80. The van der Waals surface area contributed by atoms with Gasteiger partial charge in [-0.05, 0) is 23.8 Å². The van der Waals surface area contributed by atoms with Crippen LogP contribution in [0.2, 0.25) is 0 Å². The van der Waals surface area contributed by atoms with Crippen molar-refractivity contribution in [2.24, 2.45) is 0 Å². The zero-order valence-electron chi connectivity index (χ0n) is 10.2. The highest BCUT2D eigenvalue weighted by Gasteiger charge is 2.00. The van der Waals surface area contributed by atoms with E-state index in [2.05, 4.69) is 43.3 Å². The molecule has 4 heteroatoms. The second-order valence-electron chi connectivity index (χ2n) is 4.24. The summed E-state index contributed by atoms with van der Waals surface area (Å²) in [6.45, 7) is 0.725. The number of nitrogens with zero attached hydrogens (tertiary/aromatic N) is 2. The van der Waals surface area contributed by atoms with E-state index in [0.717, 1.165) is 21.9 Å². The molecule has 0 unspecified atom stereocenters. The minimum atomic E-state index is 0.652. The summed E-state index contributed by atoms with van der Waals surface area (Å²) >= 11 is 3.44.